The Kier molecular flexibility index (Phi) is 5.82. The van der Waals surface area contributed by atoms with E-state index in [4.69, 9.17) is 0 Å². The maximum absolute atomic E-state index is 12.9. The number of likely N-dealkylation sites (N-methyl/N-ethyl adjacent to an activating group) is 1. The molecule has 0 heterocycles. The molecule has 3 amide bonds. The van der Waals surface area contributed by atoms with Crippen LogP contribution in [0.4, 0.5) is 5.69 Å². The lowest BCUT2D eigenvalue weighted by Crippen LogP contribution is -2.59. The summed E-state index contributed by atoms with van der Waals surface area (Å²) in [4.78, 5) is 37.6. The van der Waals surface area contributed by atoms with Gasteiger partial charge < -0.3 is 16.0 Å². The average molecular weight is 371 g/mol. The predicted octanol–water partition coefficient (Wildman–Crippen LogP) is 2.85. The van der Waals surface area contributed by atoms with E-state index in [1.165, 1.54) is 0 Å². The topological polar surface area (TPSA) is 87.3 Å². The van der Waals surface area contributed by atoms with E-state index in [1.54, 1.807) is 24.3 Å². The number of benzene rings is 1. The van der Waals surface area contributed by atoms with Crippen molar-refractivity contribution in [2.45, 2.75) is 57.9 Å². The van der Waals surface area contributed by atoms with Crippen molar-refractivity contribution in [2.75, 3.05) is 11.9 Å². The van der Waals surface area contributed by atoms with E-state index in [0.717, 1.165) is 25.7 Å². The second-order valence-corrected chi connectivity index (χ2v) is 7.85. The van der Waals surface area contributed by atoms with Crippen molar-refractivity contribution >= 4 is 23.4 Å². The Morgan fingerprint density at radius 2 is 1.85 bits per heavy atom. The molecule has 0 spiro atoms. The maximum Gasteiger partial charge on any atom is 0.252 e. The fourth-order valence-electron chi connectivity index (χ4n) is 3.84. The Bertz CT molecular complexity index is 725. The Morgan fingerprint density at radius 3 is 2.48 bits per heavy atom. The molecule has 146 valence electrons. The highest BCUT2D eigenvalue weighted by molar-refractivity contribution is 6.01. The first-order valence-corrected chi connectivity index (χ1v) is 9.97. The lowest BCUT2D eigenvalue weighted by Gasteiger charge is -2.36. The molecule has 0 radical (unpaired) electrons. The van der Waals surface area contributed by atoms with Crippen LogP contribution in [-0.4, -0.2) is 29.8 Å². The summed E-state index contributed by atoms with van der Waals surface area (Å²) in [7, 11) is 0. The van der Waals surface area contributed by atoms with E-state index >= 15 is 0 Å². The molecule has 0 aliphatic heterocycles. The fraction of sp³-hybridized carbons (Fsp3) is 0.571. The van der Waals surface area contributed by atoms with E-state index in [0.29, 0.717) is 36.6 Å². The number of anilines is 1. The van der Waals surface area contributed by atoms with Crippen LogP contribution in [0.2, 0.25) is 0 Å². The van der Waals surface area contributed by atoms with Crippen molar-refractivity contribution in [3.63, 3.8) is 0 Å². The third-order valence-corrected chi connectivity index (χ3v) is 5.67. The number of hydrogen-bond acceptors (Lipinski definition) is 3. The molecule has 2 aliphatic rings. The van der Waals surface area contributed by atoms with E-state index in [1.807, 2.05) is 6.92 Å². The Hall–Kier alpha value is -2.37. The standard InChI is InChI=1S/C21H29N3O3/c1-3-22-20(27)21(10-5-4-6-11-21)24-18(25)15-8-7-9-16(13-15)23-19(26)17-12-14(17)2/h7-9,13-14,17H,3-6,10-12H2,1-2H3,(H,22,27)(H,23,26)(H,24,25). The van der Waals surface area contributed by atoms with Gasteiger partial charge in [-0.1, -0.05) is 32.3 Å². The van der Waals surface area contributed by atoms with Gasteiger partial charge in [0.25, 0.3) is 5.91 Å². The van der Waals surface area contributed by atoms with Gasteiger partial charge in [-0.25, -0.2) is 0 Å². The normalized spacial score (nSPS) is 23.2. The minimum atomic E-state index is -0.839. The van der Waals surface area contributed by atoms with Crippen LogP contribution >= 0.6 is 0 Å². The fourth-order valence-corrected chi connectivity index (χ4v) is 3.84. The molecule has 2 saturated carbocycles. The smallest absolute Gasteiger partial charge is 0.252 e. The zero-order valence-electron chi connectivity index (χ0n) is 16.1. The van der Waals surface area contributed by atoms with Crippen LogP contribution in [0.1, 0.15) is 62.7 Å². The summed E-state index contributed by atoms with van der Waals surface area (Å²) in [6.45, 7) is 4.47. The van der Waals surface area contributed by atoms with Crippen LogP contribution in [0.15, 0.2) is 24.3 Å². The highest BCUT2D eigenvalue weighted by atomic mass is 16.2. The van der Waals surface area contributed by atoms with Crippen LogP contribution in [0.3, 0.4) is 0 Å². The van der Waals surface area contributed by atoms with Gasteiger partial charge >= 0.3 is 0 Å². The number of rotatable bonds is 6. The number of hydrogen-bond donors (Lipinski definition) is 3. The monoisotopic (exact) mass is 371 g/mol. The highest BCUT2D eigenvalue weighted by Crippen LogP contribution is 2.38. The van der Waals surface area contributed by atoms with Crippen molar-refractivity contribution in [2.24, 2.45) is 11.8 Å². The lowest BCUT2D eigenvalue weighted by molar-refractivity contribution is -0.128. The van der Waals surface area contributed by atoms with Gasteiger partial charge in [0.05, 0.1) is 0 Å². The molecule has 6 nitrogen and oxygen atoms in total. The molecule has 6 heteroatoms. The van der Waals surface area contributed by atoms with Crippen molar-refractivity contribution in [3.05, 3.63) is 29.8 Å². The van der Waals surface area contributed by atoms with Crippen molar-refractivity contribution in [1.29, 1.82) is 0 Å². The van der Waals surface area contributed by atoms with Crippen molar-refractivity contribution in [1.82, 2.24) is 10.6 Å². The quantitative estimate of drug-likeness (QED) is 0.718. The minimum Gasteiger partial charge on any atom is -0.354 e. The third-order valence-electron chi connectivity index (χ3n) is 5.67. The van der Waals surface area contributed by atoms with Gasteiger partial charge in [0.1, 0.15) is 5.54 Å². The second-order valence-electron chi connectivity index (χ2n) is 7.85. The summed E-state index contributed by atoms with van der Waals surface area (Å²) in [5, 5.41) is 8.74. The molecule has 0 aromatic heterocycles. The summed E-state index contributed by atoms with van der Waals surface area (Å²) in [5.41, 5.74) is 0.224. The number of amides is 3. The zero-order valence-corrected chi connectivity index (χ0v) is 16.1. The second kappa shape index (κ2) is 8.11. The zero-order chi connectivity index (χ0) is 19.4. The van der Waals surface area contributed by atoms with E-state index in [2.05, 4.69) is 22.9 Å². The van der Waals surface area contributed by atoms with Crippen LogP contribution in [0, 0.1) is 11.8 Å². The molecular formula is C21H29N3O3. The lowest BCUT2D eigenvalue weighted by atomic mass is 9.80. The van der Waals surface area contributed by atoms with Gasteiger partial charge in [-0.2, -0.15) is 0 Å². The summed E-state index contributed by atoms with van der Waals surface area (Å²) >= 11 is 0. The molecule has 2 aliphatic carbocycles. The molecule has 2 unspecified atom stereocenters. The third kappa shape index (κ3) is 4.49. The molecule has 27 heavy (non-hydrogen) atoms. The molecule has 2 atom stereocenters. The molecule has 1 aromatic rings. The Labute approximate surface area is 160 Å². The van der Waals surface area contributed by atoms with Gasteiger partial charge in [0.15, 0.2) is 0 Å². The predicted molar refractivity (Wildman–Crippen MR) is 104 cm³/mol. The number of carbonyl (C=O) groups excluding carboxylic acids is 3. The number of nitrogens with one attached hydrogen (secondary N) is 3. The van der Waals surface area contributed by atoms with E-state index in [-0.39, 0.29) is 23.6 Å². The molecule has 0 saturated heterocycles. The number of carbonyl (C=O) groups is 3. The molecule has 3 N–H and O–H groups in total. The Morgan fingerprint density at radius 1 is 1.15 bits per heavy atom. The van der Waals surface area contributed by atoms with Crippen molar-refractivity contribution in [3.8, 4) is 0 Å². The average Bonchev–Trinajstić information content (AvgIpc) is 3.40. The van der Waals surface area contributed by atoms with Gasteiger partial charge in [0, 0.05) is 23.7 Å². The summed E-state index contributed by atoms with van der Waals surface area (Å²) in [5.74, 6) is 0.126. The van der Waals surface area contributed by atoms with Crippen molar-refractivity contribution < 1.29 is 14.4 Å². The molecular weight excluding hydrogens is 342 g/mol. The minimum absolute atomic E-state index is 0.00568. The summed E-state index contributed by atoms with van der Waals surface area (Å²) in [6.07, 6.45) is 5.15. The van der Waals surface area contributed by atoms with E-state index < -0.39 is 5.54 Å². The van der Waals surface area contributed by atoms with Crippen LogP contribution in [0.25, 0.3) is 0 Å². The summed E-state index contributed by atoms with van der Waals surface area (Å²) < 4.78 is 0. The van der Waals surface area contributed by atoms with Gasteiger partial charge in [-0.05, 0) is 50.3 Å². The summed E-state index contributed by atoms with van der Waals surface area (Å²) in [6, 6.07) is 6.91. The van der Waals surface area contributed by atoms with Gasteiger partial charge in [0.2, 0.25) is 11.8 Å². The first-order chi connectivity index (χ1) is 12.9. The van der Waals surface area contributed by atoms with E-state index in [9.17, 15) is 14.4 Å². The Balaban J connectivity index is 1.71. The largest absolute Gasteiger partial charge is 0.354 e. The van der Waals surface area contributed by atoms with Gasteiger partial charge in [-0.3, -0.25) is 14.4 Å². The SMILES string of the molecule is CCNC(=O)C1(NC(=O)c2cccc(NC(=O)C3CC3C)c2)CCCCC1. The molecule has 0 bridgehead atoms. The molecule has 3 rings (SSSR count). The maximum atomic E-state index is 12.9. The molecule has 1 aromatic carbocycles. The first kappa shape index (κ1) is 19.4. The first-order valence-electron chi connectivity index (χ1n) is 9.97. The van der Waals surface area contributed by atoms with Crippen LogP contribution in [-0.2, 0) is 9.59 Å². The van der Waals surface area contributed by atoms with Gasteiger partial charge in [-0.15, -0.1) is 0 Å². The van der Waals surface area contributed by atoms with Crippen LogP contribution < -0.4 is 16.0 Å². The highest BCUT2D eigenvalue weighted by Gasteiger charge is 2.41. The molecule has 2 fully saturated rings. The van der Waals surface area contributed by atoms with Crippen LogP contribution in [0.5, 0.6) is 0 Å².